The lowest BCUT2D eigenvalue weighted by atomic mass is 10.0. The summed E-state index contributed by atoms with van der Waals surface area (Å²) >= 11 is 11.0. The van der Waals surface area contributed by atoms with Crippen molar-refractivity contribution in [2.45, 2.75) is 92.4 Å². The summed E-state index contributed by atoms with van der Waals surface area (Å²) in [6, 6.07) is 82.8. The molecule has 143 heavy (non-hydrogen) atoms. The smallest absolute Gasteiger partial charge is 0.345 e. The van der Waals surface area contributed by atoms with Gasteiger partial charge in [-0.15, -0.1) is 68.0 Å². The zero-order valence-electron chi connectivity index (χ0n) is 78.9. The molecule has 6 N–H and O–H groups in total. The number of esters is 4. The normalized spacial score (nSPS) is 10.4. The van der Waals surface area contributed by atoms with Crippen LogP contribution in [-0.4, -0.2) is 149 Å². The fourth-order valence-corrected chi connectivity index (χ4v) is 20.9. The van der Waals surface area contributed by atoms with Crippen molar-refractivity contribution in [3.8, 4) is 85.6 Å². The van der Waals surface area contributed by atoms with Gasteiger partial charge in [-0.25, -0.2) is 14.4 Å². The number of aromatic carboxylic acids is 3. The Hall–Kier alpha value is -14.9. The number of carboxylic acid groups (broad SMARTS) is 5. The zero-order valence-corrected chi connectivity index (χ0v) is 85.4. The van der Waals surface area contributed by atoms with E-state index in [1.165, 1.54) is 77.0 Å². The Labute approximate surface area is 858 Å². The number of rotatable bonds is 37. The highest BCUT2D eigenvalue weighted by atomic mass is 79.9. The van der Waals surface area contributed by atoms with Gasteiger partial charge in [0, 0.05) is 53.0 Å². The Morgan fingerprint density at radius 3 is 0.839 bits per heavy atom. The van der Waals surface area contributed by atoms with Crippen LogP contribution in [0.4, 0.5) is 0 Å². The summed E-state index contributed by atoms with van der Waals surface area (Å²) in [6.07, 6.45) is 0.964. The number of carbonyl (C=O) groups excluding carboxylic acids is 7. The molecule has 0 fully saturated rings. The average Bonchev–Trinajstić information content (AvgIpc) is 1.69. The number of ether oxygens (including phenoxy) is 7. The molecule has 6 heterocycles. The summed E-state index contributed by atoms with van der Waals surface area (Å²) in [5, 5.41) is 55.2. The van der Waals surface area contributed by atoms with Crippen LogP contribution in [0.3, 0.4) is 0 Å². The minimum Gasteiger partial charge on any atom is -0.508 e. The molecule has 0 atom stereocenters. The molecular weight excluding hydrogens is 2010 g/mol. The number of aliphatic carboxylic acids is 2. The van der Waals surface area contributed by atoms with Gasteiger partial charge in [0.1, 0.15) is 26.1 Å². The van der Waals surface area contributed by atoms with Crippen molar-refractivity contribution in [3.63, 3.8) is 0 Å². The molecule has 0 saturated carbocycles. The first kappa shape index (κ1) is 110. The van der Waals surface area contributed by atoms with E-state index in [4.69, 9.17) is 48.5 Å². The van der Waals surface area contributed by atoms with Crippen LogP contribution in [0.15, 0.2) is 277 Å². The first-order valence-electron chi connectivity index (χ1n) is 44.6. The number of ketones is 3. The molecule has 25 nitrogen and oxygen atoms in total. The van der Waals surface area contributed by atoms with E-state index in [2.05, 4.69) is 15.9 Å². The number of Topliss-reactive ketones (excluding diaryl/α,β-unsaturated/α-hetero) is 3. The van der Waals surface area contributed by atoms with Crippen molar-refractivity contribution in [2.75, 3.05) is 47.8 Å². The van der Waals surface area contributed by atoms with Gasteiger partial charge in [-0.2, -0.15) is 0 Å². The number of hydrogen-bond donors (Lipinski definition) is 6. The van der Waals surface area contributed by atoms with Crippen molar-refractivity contribution in [3.05, 3.63) is 362 Å². The third-order valence-corrected chi connectivity index (χ3v) is 28.7. The third-order valence-electron chi connectivity index (χ3n) is 20.8. The predicted molar refractivity (Wildman–Crippen MR) is 561 cm³/mol. The van der Waals surface area contributed by atoms with Crippen LogP contribution in [0, 0.1) is 6.92 Å². The fraction of sp³-hybridized carbons (Fsp3) is 0.189. The summed E-state index contributed by atoms with van der Waals surface area (Å²) in [5.74, 6) is -4.24. The molecule has 32 heteroatoms. The van der Waals surface area contributed by atoms with Gasteiger partial charge >= 0.3 is 53.7 Å². The molecule has 0 saturated heterocycles. The first-order chi connectivity index (χ1) is 68.8. The molecule has 6 aromatic heterocycles. The lowest BCUT2D eigenvalue weighted by Crippen LogP contribution is -2.07. The molecule has 0 spiro atoms. The number of carboxylic acids is 5. The summed E-state index contributed by atoms with van der Waals surface area (Å²) in [6.45, 7) is 10.2. The molecule has 15 rings (SSSR count). The van der Waals surface area contributed by atoms with Crippen LogP contribution in [-0.2, 0) is 106 Å². The quantitative estimate of drug-likeness (QED) is 0.0120. The highest BCUT2D eigenvalue weighted by Crippen LogP contribution is 2.43. The summed E-state index contributed by atoms with van der Waals surface area (Å²) < 4.78 is 36.6. The maximum Gasteiger partial charge on any atom is 0.345 e. The first-order valence-corrected chi connectivity index (χ1v) is 50.3. The maximum absolute atomic E-state index is 12.8. The van der Waals surface area contributed by atoms with Crippen molar-refractivity contribution >= 4 is 155 Å². The number of methoxy groups -OCH3 is 3. The van der Waals surface area contributed by atoms with Gasteiger partial charge in [-0.05, 0) is 221 Å². The van der Waals surface area contributed by atoms with Crippen molar-refractivity contribution in [1.29, 1.82) is 0 Å². The molecule has 0 unspecified atom stereocenters. The lowest BCUT2D eigenvalue weighted by molar-refractivity contribution is -0.143. The third kappa shape index (κ3) is 33.4. The molecule has 15 aromatic rings. The van der Waals surface area contributed by atoms with Crippen molar-refractivity contribution in [2.24, 2.45) is 0 Å². The predicted octanol–water partition coefficient (Wildman–Crippen LogP) is 24.3. The van der Waals surface area contributed by atoms with Gasteiger partial charge in [0.15, 0.2) is 28.8 Å². The molecule has 0 aliphatic rings. The largest absolute Gasteiger partial charge is 0.508 e. The standard InChI is InChI=1S/C22H19BrO3S.C21H18O4S.C20H16O4S.C17H18O6S.C16H16O4S.C15H14O4S/c1-2-26-21(25)14-17-13-20(27-22(17)16-6-4-3-5-7-16)19(24)12-15-8-10-18(23)11-9-15;1-25-17-9-7-15(8-10-17)21-16(13-20(23)24)12-19(26-21)18(22)11-14-5-3-2-4-6-14;21-16-8-6-13(7-9-16)10-17(22)18-11-15(12-19(23)24)20(25-18)14-4-2-1-3-5-14;1-4-23-15(18)9-11-8-14(17(19)20)24-16(11)10-5-6-12(21-2)13(7-10)22-3;1-3-20-14(17)9-12-8-13(16(18)19)21-15(12)11-6-4-10(2)5-7-11;1-2-19-13(16)9-11-8-12(15(17)18)20-14(11)10-6-4-3-5-7-10/h3-11,13H,2,12,14H2,1H3;2-10,12H,11,13H2,1H3,(H,23,24);1-9,11,21H,10,12H2,(H,23,24);5-8H,4,9H2,1-3H3,(H,19,20);4-8H,3,9H2,1-2H3,(H,18,19);3-8H,2,9H2,1H3,(H,17,18). The number of halogens is 1. The highest BCUT2D eigenvalue weighted by molar-refractivity contribution is 9.10. The van der Waals surface area contributed by atoms with Gasteiger partial charge in [-0.3, -0.25) is 43.2 Å². The molecule has 0 aliphatic heterocycles. The Morgan fingerprint density at radius 1 is 0.273 bits per heavy atom. The number of carbonyl (C=O) groups is 12. The Morgan fingerprint density at radius 2 is 0.538 bits per heavy atom. The molecule has 0 amide bonds. The van der Waals surface area contributed by atoms with E-state index in [1.807, 2.05) is 207 Å². The van der Waals surface area contributed by atoms with E-state index in [9.17, 15) is 72.9 Å². The Balaban J connectivity index is 0.000000177. The molecule has 0 bridgehead atoms. The van der Waals surface area contributed by atoms with Crippen LogP contribution in [0.2, 0.25) is 0 Å². The van der Waals surface area contributed by atoms with Gasteiger partial charge in [0.25, 0.3) is 0 Å². The zero-order chi connectivity index (χ0) is 103. The van der Waals surface area contributed by atoms with E-state index in [1.54, 1.807) is 102 Å². The SMILES string of the molecule is CCOC(=O)Cc1cc(C(=O)Cc2ccc(Br)cc2)sc1-c1ccccc1.CCOC(=O)Cc1cc(C(=O)O)sc1-c1ccc(C)cc1.CCOC(=O)Cc1cc(C(=O)O)sc1-c1ccc(OC)c(OC)c1.CCOC(=O)Cc1cc(C(=O)O)sc1-c1ccccc1.COc1ccc(-c2sc(C(=O)Cc3ccccc3)cc2CC(=O)O)cc1.O=C(O)Cc1cc(C(=O)Cc2ccc(O)cc2)sc1-c1ccccc1. The molecule has 0 aliphatic carbocycles. The van der Waals surface area contributed by atoms with Crippen LogP contribution in [0.5, 0.6) is 23.0 Å². The van der Waals surface area contributed by atoms with Crippen LogP contribution in [0.1, 0.15) is 141 Å². The molecule has 0 radical (unpaired) electrons. The number of benzene rings is 9. The van der Waals surface area contributed by atoms with E-state index >= 15 is 0 Å². The van der Waals surface area contributed by atoms with E-state index in [0.717, 1.165) is 107 Å². The van der Waals surface area contributed by atoms with E-state index < -0.39 is 35.8 Å². The Kier molecular flexibility index (Phi) is 42.6. The number of aromatic hydroxyl groups is 1. The minimum atomic E-state index is -1.03. The minimum absolute atomic E-state index is 0.00685. The number of hydrogen-bond acceptors (Lipinski definition) is 26. The molecule has 9 aromatic carbocycles. The van der Waals surface area contributed by atoms with Gasteiger partial charge in [0.05, 0.1) is 101 Å². The second kappa shape index (κ2) is 55.3. The van der Waals surface area contributed by atoms with E-state index in [0.29, 0.717) is 91.5 Å². The summed E-state index contributed by atoms with van der Waals surface area (Å²) in [7, 11) is 4.66. The van der Waals surface area contributed by atoms with Gasteiger partial charge < -0.3 is 63.8 Å². The second-order valence-electron chi connectivity index (χ2n) is 31.1. The topological polar surface area (TPSA) is 391 Å². The second-order valence-corrected chi connectivity index (χ2v) is 38.3. The molecular formula is C111H101BrO25S6. The summed E-state index contributed by atoms with van der Waals surface area (Å²) in [5.41, 5.74) is 13.3. The Bertz CT molecular complexity index is 6880. The number of aryl methyl sites for hydroxylation is 1. The monoisotopic (exact) mass is 2100 g/mol. The van der Waals surface area contributed by atoms with Crippen LogP contribution < -0.4 is 14.2 Å². The van der Waals surface area contributed by atoms with Crippen LogP contribution >= 0.6 is 84.0 Å². The van der Waals surface area contributed by atoms with Gasteiger partial charge in [0.2, 0.25) is 0 Å². The molecule has 738 valence electrons. The average molecular weight is 2110 g/mol. The number of thiophene rings is 6. The van der Waals surface area contributed by atoms with E-state index in [-0.39, 0.29) is 107 Å². The maximum atomic E-state index is 12.8. The van der Waals surface area contributed by atoms with Crippen LogP contribution in [0.25, 0.3) is 62.6 Å². The number of phenols is 1. The van der Waals surface area contributed by atoms with Gasteiger partial charge in [-0.1, -0.05) is 191 Å². The summed E-state index contributed by atoms with van der Waals surface area (Å²) in [4.78, 5) is 148. The fourth-order valence-electron chi connectivity index (χ4n) is 14.2. The lowest BCUT2D eigenvalue weighted by Gasteiger charge is -2.10. The van der Waals surface area contributed by atoms with Crippen molar-refractivity contribution < 1.29 is 121 Å². The number of phenolic OH excluding ortho intramolecular Hbond substituents is 1. The highest BCUT2D eigenvalue weighted by Gasteiger charge is 2.27. The van der Waals surface area contributed by atoms with Crippen molar-refractivity contribution in [1.82, 2.24) is 0 Å².